The molecule has 21 heavy (non-hydrogen) atoms. The minimum Gasteiger partial charge on any atom is -0.395 e. The van der Waals surface area contributed by atoms with Gasteiger partial charge in [0, 0.05) is 44.7 Å². The summed E-state index contributed by atoms with van der Waals surface area (Å²) in [7, 11) is 4.08. The molecule has 0 bridgehead atoms. The highest BCUT2D eigenvalue weighted by molar-refractivity contribution is 5.47. The summed E-state index contributed by atoms with van der Waals surface area (Å²) in [6.07, 6.45) is 2.10. The molecule has 1 aromatic rings. The highest BCUT2D eigenvalue weighted by atomic mass is 16.3. The number of fused-ring (bicyclic) bond motifs is 1. The lowest BCUT2D eigenvalue weighted by Gasteiger charge is -2.26. The molecular formula is C15H25N5O. The molecule has 1 atom stereocenters. The minimum absolute atomic E-state index is 0.227. The first-order valence-electron chi connectivity index (χ1n) is 7.80. The largest absolute Gasteiger partial charge is 0.395 e. The molecule has 116 valence electrons. The van der Waals surface area contributed by atoms with Crippen molar-refractivity contribution in [3.05, 3.63) is 17.1 Å². The summed E-state index contributed by atoms with van der Waals surface area (Å²) in [5.41, 5.74) is 2.46. The first-order chi connectivity index (χ1) is 10.2. The number of β-amino-alcohol motifs (C(OH)–C–C–N with tert-alkyl or cyclic N) is 1. The second-order valence-electron chi connectivity index (χ2n) is 6.10. The van der Waals surface area contributed by atoms with Gasteiger partial charge in [0.1, 0.15) is 11.6 Å². The molecule has 0 unspecified atom stereocenters. The number of likely N-dealkylation sites (tertiary alicyclic amines) is 1. The lowest BCUT2D eigenvalue weighted by molar-refractivity contribution is 0.220. The van der Waals surface area contributed by atoms with Crippen molar-refractivity contribution >= 4 is 5.82 Å². The summed E-state index contributed by atoms with van der Waals surface area (Å²) in [5.74, 6) is 2.36. The average Bonchev–Trinajstić information content (AvgIpc) is 2.94. The highest BCUT2D eigenvalue weighted by Gasteiger charge is 2.28. The quantitative estimate of drug-likeness (QED) is 0.831. The van der Waals surface area contributed by atoms with Gasteiger partial charge >= 0.3 is 0 Å². The van der Waals surface area contributed by atoms with Crippen LogP contribution in [0.5, 0.6) is 0 Å². The number of nitrogens with zero attached hydrogens (tertiary/aromatic N) is 4. The van der Waals surface area contributed by atoms with Gasteiger partial charge in [-0.1, -0.05) is 0 Å². The van der Waals surface area contributed by atoms with Crippen LogP contribution in [0.25, 0.3) is 0 Å². The number of hydrogen-bond donors (Lipinski definition) is 2. The van der Waals surface area contributed by atoms with Gasteiger partial charge in [-0.25, -0.2) is 9.97 Å². The molecule has 1 saturated heterocycles. The maximum absolute atomic E-state index is 9.06. The Hall–Kier alpha value is -1.24. The van der Waals surface area contributed by atoms with Crippen LogP contribution < -0.4 is 5.32 Å². The van der Waals surface area contributed by atoms with Gasteiger partial charge in [0.25, 0.3) is 0 Å². The number of likely N-dealkylation sites (N-methyl/N-ethyl adjacent to an activating group) is 1. The van der Waals surface area contributed by atoms with Gasteiger partial charge in [0.05, 0.1) is 12.3 Å². The maximum atomic E-state index is 9.06. The smallest absolute Gasteiger partial charge is 0.135 e. The minimum atomic E-state index is 0.227. The Morgan fingerprint density at radius 1 is 1.33 bits per heavy atom. The number of anilines is 1. The first-order valence-corrected chi connectivity index (χ1v) is 7.80. The molecule has 3 heterocycles. The van der Waals surface area contributed by atoms with E-state index in [2.05, 4.69) is 22.2 Å². The van der Waals surface area contributed by atoms with E-state index in [1.54, 1.807) is 0 Å². The van der Waals surface area contributed by atoms with Crippen molar-refractivity contribution in [1.82, 2.24) is 19.8 Å². The first kappa shape index (κ1) is 14.7. The number of nitrogens with one attached hydrogen (secondary N) is 1. The zero-order chi connectivity index (χ0) is 14.8. The molecule has 2 N–H and O–H groups in total. The fraction of sp³-hybridized carbons (Fsp3) is 0.733. The van der Waals surface area contributed by atoms with E-state index in [-0.39, 0.29) is 6.61 Å². The zero-order valence-electron chi connectivity index (χ0n) is 13.0. The van der Waals surface area contributed by atoms with Gasteiger partial charge in [0.2, 0.25) is 0 Å². The van der Waals surface area contributed by atoms with E-state index >= 15 is 0 Å². The van der Waals surface area contributed by atoms with Crippen molar-refractivity contribution in [2.45, 2.75) is 25.3 Å². The lowest BCUT2D eigenvalue weighted by Crippen LogP contribution is -2.29. The molecule has 0 aromatic carbocycles. The summed E-state index contributed by atoms with van der Waals surface area (Å²) in [6, 6.07) is 0. The van der Waals surface area contributed by atoms with Crippen LogP contribution in [-0.2, 0) is 13.0 Å². The summed E-state index contributed by atoms with van der Waals surface area (Å²) in [6.45, 7) is 4.94. The average molecular weight is 291 g/mol. The Morgan fingerprint density at radius 2 is 2.19 bits per heavy atom. The fourth-order valence-electron chi connectivity index (χ4n) is 3.36. The van der Waals surface area contributed by atoms with Crippen LogP contribution in [-0.4, -0.2) is 71.8 Å². The molecular weight excluding hydrogens is 266 g/mol. The van der Waals surface area contributed by atoms with Crippen LogP contribution in [0.3, 0.4) is 0 Å². The van der Waals surface area contributed by atoms with Crippen LogP contribution in [0.15, 0.2) is 0 Å². The molecule has 1 fully saturated rings. The fourth-order valence-corrected chi connectivity index (χ4v) is 3.36. The van der Waals surface area contributed by atoms with E-state index in [0.29, 0.717) is 5.92 Å². The monoisotopic (exact) mass is 291 g/mol. The third kappa shape index (κ3) is 3.02. The maximum Gasteiger partial charge on any atom is 0.135 e. The van der Waals surface area contributed by atoms with Gasteiger partial charge in [-0.2, -0.15) is 0 Å². The summed E-state index contributed by atoms with van der Waals surface area (Å²) < 4.78 is 0. The van der Waals surface area contributed by atoms with Crippen molar-refractivity contribution < 1.29 is 5.11 Å². The molecule has 0 spiro atoms. The molecule has 0 amide bonds. The third-order valence-corrected chi connectivity index (χ3v) is 4.56. The van der Waals surface area contributed by atoms with Gasteiger partial charge in [-0.15, -0.1) is 0 Å². The van der Waals surface area contributed by atoms with Crippen LogP contribution >= 0.6 is 0 Å². The number of aliphatic hydroxyl groups excluding tert-OH is 1. The molecule has 2 aliphatic rings. The van der Waals surface area contributed by atoms with Gasteiger partial charge < -0.3 is 20.2 Å². The molecule has 0 aliphatic carbocycles. The molecule has 0 saturated carbocycles. The van der Waals surface area contributed by atoms with E-state index in [0.717, 1.165) is 57.2 Å². The van der Waals surface area contributed by atoms with Crippen molar-refractivity contribution in [1.29, 1.82) is 0 Å². The van der Waals surface area contributed by atoms with E-state index < -0.39 is 0 Å². The highest BCUT2D eigenvalue weighted by Crippen LogP contribution is 2.29. The molecule has 6 heteroatoms. The van der Waals surface area contributed by atoms with Crippen molar-refractivity contribution in [3.63, 3.8) is 0 Å². The standard InChI is InChI=1S/C15H25N5O/c1-16-15-12-4-5-19(2)10-13(12)17-14(18-15)11-3-6-20(9-11)7-8-21/h11,21H,3-10H2,1-2H3,(H,16,17,18)/t11-/m1/s1. The van der Waals surface area contributed by atoms with Crippen LogP contribution in [0.1, 0.15) is 29.4 Å². The van der Waals surface area contributed by atoms with Crippen molar-refractivity contribution in [2.24, 2.45) is 0 Å². The van der Waals surface area contributed by atoms with E-state index in [4.69, 9.17) is 15.1 Å². The summed E-state index contributed by atoms with van der Waals surface area (Å²) in [4.78, 5) is 14.2. The number of hydrogen-bond acceptors (Lipinski definition) is 6. The Balaban J connectivity index is 1.85. The molecule has 0 radical (unpaired) electrons. The third-order valence-electron chi connectivity index (χ3n) is 4.56. The van der Waals surface area contributed by atoms with Crippen LogP contribution in [0.2, 0.25) is 0 Å². The van der Waals surface area contributed by atoms with E-state index in [1.165, 1.54) is 11.3 Å². The normalized spacial score (nSPS) is 23.3. The lowest BCUT2D eigenvalue weighted by atomic mass is 10.0. The summed E-state index contributed by atoms with van der Waals surface area (Å²) in [5, 5.41) is 12.3. The van der Waals surface area contributed by atoms with Gasteiger partial charge in [-0.05, 0) is 26.4 Å². The predicted octanol–water partition coefficient (Wildman–Crippen LogP) is 0.288. The summed E-state index contributed by atoms with van der Waals surface area (Å²) >= 11 is 0. The topological polar surface area (TPSA) is 64.5 Å². The SMILES string of the molecule is CNc1nc([C@@H]2CCN(CCO)C2)nc2c1CCN(C)C2. The van der Waals surface area contributed by atoms with Crippen LogP contribution in [0, 0.1) is 0 Å². The van der Waals surface area contributed by atoms with Gasteiger partial charge in [0.15, 0.2) is 0 Å². The van der Waals surface area contributed by atoms with Crippen molar-refractivity contribution in [2.75, 3.05) is 52.2 Å². The molecule has 1 aromatic heterocycles. The predicted molar refractivity (Wildman–Crippen MR) is 82.5 cm³/mol. The Bertz CT molecular complexity index is 507. The second kappa shape index (κ2) is 6.25. The van der Waals surface area contributed by atoms with Gasteiger partial charge in [-0.3, -0.25) is 0 Å². The number of aromatic nitrogens is 2. The molecule has 3 rings (SSSR count). The molecule has 6 nitrogen and oxygen atoms in total. The Labute approximate surface area is 126 Å². The second-order valence-corrected chi connectivity index (χ2v) is 6.10. The Kier molecular flexibility index (Phi) is 4.37. The Morgan fingerprint density at radius 3 is 2.95 bits per heavy atom. The van der Waals surface area contributed by atoms with Crippen LogP contribution in [0.4, 0.5) is 5.82 Å². The molecule has 2 aliphatic heterocycles. The number of rotatable bonds is 4. The van der Waals surface area contributed by atoms with Crippen molar-refractivity contribution in [3.8, 4) is 0 Å². The van der Waals surface area contributed by atoms with E-state index in [9.17, 15) is 0 Å². The zero-order valence-corrected chi connectivity index (χ0v) is 13.0. The number of aliphatic hydroxyl groups is 1. The van der Waals surface area contributed by atoms with E-state index in [1.807, 2.05) is 7.05 Å².